The molecule has 0 aromatic heterocycles. The molecule has 18 heavy (non-hydrogen) atoms. The molecule has 0 aromatic carbocycles. The molecule has 2 unspecified atom stereocenters. The number of hydrogen-bond acceptors (Lipinski definition) is 3. The molecule has 0 bridgehead atoms. The summed E-state index contributed by atoms with van der Waals surface area (Å²) in [5.41, 5.74) is 5.94. The smallest absolute Gasteiger partial charge is 0.223 e. The van der Waals surface area contributed by atoms with Gasteiger partial charge in [0.05, 0.1) is 12.0 Å². The van der Waals surface area contributed by atoms with E-state index in [2.05, 4.69) is 5.32 Å². The zero-order valence-electron chi connectivity index (χ0n) is 11.4. The van der Waals surface area contributed by atoms with E-state index in [0.29, 0.717) is 6.42 Å². The van der Waals surface area contributed by atoms with Crippen LogP contribution in [0.1, 0.15) is 57.8 Å². The van der Waals surface area contributed by atoms with Crippen LogP contribution >= 0.6 is 0 Å². The summed E-state index contributed by atoms with van der Waals surface area (Å²) in [5, 5.41) is 3.12. The van der Waals surface area contributed by atoms with Gasteiger partial charge in [-0.1, -0.05) is 19.3 Å². The lowest BCUT2D eigenvalue weighted by Gasteiger charge is -2.40. The number of methoxy groups -OCH3 is 1. The molecular formula is C14H26N2O2. The van der Waals surface area contributed by atoms with E-state index in [1.807, 2.05) is 0 Å². The van der Waals surface area contributed by atoms with Crippen molar-refractivity contribution in [3.8, 4) is 0 Å². The fraction of sp³-hybridized carbons (Fsp3) is 0.929. The van der Waals surface area contributed by atoms with E-state index in [1.165, 1.54) is 25.7 Å². The van der Waals surface area contributed by atoms with Gasteiger partial charge in [0, 0.05) is 19.2 Å². The van der Waals surface area contributed by atoms with Crippen molar-refractivity contribution in [1.82, 2.24) is 5.32 Å². The second-order valence-electron chi connectivity index (χ2n) is 5.89. The Hall–Kier alpha value is -0.610. The van der Waals surface area contributed by atoms with E-state index < -0.39 is 0 Å². The van der Waals surface area contributed by atoms with Crippen molar-refractivity contribution >= 4 is 5.91 Å². The first-order valence-electron chi connectivity index (χ1n) is 7.25. The Morgan fingerprint density at radius 1 is 1.28 bits per heavy atom. The topological polar surface area (TPSA) is 64.3 Å². The van der Waals surface area contributed by atoms with Gasteiger partial charge in [-0.15, -0.1) is 0 Å². The molecule has 1 amide bonds. The van der Waals surface area contributed by atoms with Crippen LogP contribution < -0.4 is 11.1 Å². The van der Waals surface area contributed by atoms with Gasteiger partial charge in [-0.2, -0.15) is 0 Å². The third-order valence-corrected chi connectivity index (χ3v) is 4.60. The largest absolute Gasteiger partial charge is 0.378 e. The molecule has 0 aliphatic heterocycles. The quantitative estimate of drug-likeness (QED) is 0.751. The molecule has 2 aliphatic rings. The molecule has 2 fully saturated rings. The summed E-state index contributed by atoms with van der Waals surface area (Å²) in [4.78, 5) is 12.1. The highest BCUT2D eigenvalue weighted by Crippen LogP contribution is 2.37. The van der Waals surface area contributed by atoms with Gasteiger partial charge >= 0.3 is 0 Å². The Morgan fingerprint density at radius 3 is 2.61 bits per heavy atom. The van der Waals surface area contributed by atoms with Gasteiger partial charge < -0.3 is 15.8 Å². The lowest BCUT2D eigenvalue weighted by atomic mass is 9.77. The Bertz CT molecular complexity index is 284. The first kappa shape index (κ1) is 13.8. The lowest BCUT2D eigenvalue weighted by Crippen LogP contribution is -2.50. The summed E-state index contributed by atoms with van der Waals surface area (Å²) >= 11 is 0. The molecule has 4 nitrogen and oxygen atoms in total. The van der Waals surface area contributed by atoms with Crippen LogP contribution in [-0.4, -0.2) is 30.7 Å². The molecule has 0 saturated heterocycles. The summed E-state index contributed by atoms with van der Waals surface area (Å²) in [7, 11) is 1.71. The third kappa shape index (κ3) is 3.23. The van der Waals surface area contributed by atoms with Crippen molar-refractivity contribution in [2.75, 3.05) is 7.11 Å². The predicted octanol–water partition coefficient (Wildman–Crippen LogP) is 1.72. The molecule has 2 atom stereocenters. The fourth-order valence-corrected chi connectivity index (χ4v) is 3.09. The molecule has 2 aliphatic carbocycles. The summed E-state index contributed by atoms with van der Waals surface area (Å²) in [5.74, 6) is 0.110. The Kier molecular flexibility index (Phi) is 4.62. The minimum atomic E-state index is -0.182. The van der Waals surface area contributed by atoms with Crippen LogP contribution in [0.2, 0.25) is 0 Å². The number of carbonyl (C=O) groups excluding carboxylic acids is 1. The molecule has 2 saturated carbocycles. The lowest BCUT2D eigenvalue weighted by molar-refractivity contribution is -0.135. The number of rotatable bonds is 4. The monoisotopic (exact) mass is 254 g/mol. The van der Waals surface area contributed by atoms with E-state index in [1.54, 1.807) is 7.11 Å². The highest BCUT2D eigenvalue weighted by molar-refractivity contribution is 5.77. The van der Waals surface area contributed by atoms with Crippen molar-refractivity contribution < 1.29 is 9.53 Å². The normalized spacial score (nSPS) is 31.2. The maximum Gasteiger partial charge on any atom is 0.223 e. The van der Waals surface area contributed by atoms with Crippen LogP contribution in [0.4, 0.5) is 0 Å². The van der Waals surface area contributed by atoms with E-state index >= 15 is 0 Å². The number of nitrogens with two attached hydrogens (primary N) is 1. The molecule has 0 radical (unpaired) electrons. The van der Waals surface area contributed by atoms with Gasteiger partial charge in [-0.3, -0.25) is 4.79 Å². The summed E-state index contributed by atoms with van der Waals surface area (Å²) in [6.45, 7) is 0. The van der Waals surface area contributed by atoms with Crippen molar-refractivity contribution in [2.24, 2.45) is 5.73 Å². The van der Waals surface area contributed by atoms with E-state index in [-0.39, 0.29) is 23.6 Å². The molecule has 0 heterocycles. The minimum Gasteiger partial charge on any atom is -0.378 e. The van der Waals surface area contributed by atoms with Gasteiger partial charge in [0.15, 0.2) is 0 Å². The number of amides is 1. The summed E-state index contributed by atoms with van der Waals surface area (Å²) in [6, 6.07) is 0.283. The number of hydrogen-bond donors (Lipinski definition) is 2. The zero-order valence-corrected chi connectivity index (χ0v) is 11.4. The van der Waals surface area contributed by atoms with Gasteiger partial charge in [0.1, 0.15) is 0 Å². The Labute approximate surface area is 110 Å². The van der Waals surface area contributed by atoms with E-state index in [4.69, 9.17) is 10.5 Å². The highest BCUT2D eigenvalue weighted by Gasteiger charge is 2.39. The van der Waals surface area contributed by atoms with Gasteiger partial charge in [0.25, 0.3) is 0 Å². The molecule has 0 spiro atoms. The third-order valence-electron chi connectivity index (χ3n) is 4.60. The van der Waals surface area contributed by atoms with Crippen molar-refractivity contribution in [3.05, 3.63) is 0 Å². The zero-order chi connectivity index (χ0) is 13.0. The second-order valence-corrected chi connectivity index (χ2v) is 5.89. The average Bonchev–Trinajstić information content (AvgIpc) is 2.50. The number of ether oxygens (including phenoxy) is 1. The Morgan fingerprint density at radius 2 is 2.00 bits per heavy atom. The maximum absolute atomic E-state index is 12.1. The van der Waals surface area contributed by atoms with Crippen molar-refractivity contribution in [3.63, 3.8) is 0 Å². The molecule has 2 rings (SSSR count). The maximum atomic E-state index is 12.1. The summed E-state index contributed by atoms with van der Waals surface area (Å²) in [6.07, 6.45) is 9.33. The van der Waals surface area contributed by atoms with Crippen LogP contribution in [0.15, 0.2) is 0 Å². The van der Waals surface area contributed by atoms with E-state index in [0.717, 1.165) is 25.7 Å². The molecular weight excluding hydrogens is 228 g/mol. The van der Waals surface area contributed by atoms with Gasteiger partial charge in [-0.05, 0) is 32.1 Å². The summed E-state index contributed by atoms with van der Waals surface area (Å²) < 4.78 is 5.49. The first-order valence-corrected chi connectivity index (χ1v) is 7.25. The fourth-order valence-electron chi connectivity index (χ4n) is 3.09. The molecule has 3 N–H and O–H groups in total. The molecule has 104 valence electrons. The Balaban J connectivity index is 1.82. The average molecular weight is 254 g/mol. The van der Waals surface area contributed by atoms with Crippen molar-refractivity contribution in [1.29, 1.82) is 0 Å². The van der Waals surface area contributed by atoms with Crippen LogP contribution in [0.25, 0.3) is 0 Å². The van der Waals surface area contributed by atoms with Crippen LogP contribution in [0.5, 0.6) is 0 Å². The number of carbonyl (C=O) groups is 1. The van der Waals surface area contributed by atoms with E-state index in [9.17, 15) is 4.79 Å². The van der Waals surface area contributed by atoms with Crippen LogP contribution in [-0.2, 0) is 9.53 Å². The van der Waals surface area contributed by atoms with Gasteiger partial charge in [0.2, 0.25) is 5.91 Å². The minimum absolute atomic E-state index is 0.110. The first-order chi connectivity index (χ1) is 8.65. The molecule has 4 heteroatoms. The van der Waals surface area contributed by atoms with Gasteiger partial charge in [-0.25, -0.2) is 0 Å². The predicted molar refractivity (Wildman–Crippen MR) is 71.2 cm³/mol. The SMILES string of the molecule is COC1(CC(=O)NC2CCCCCC2N)CCC1. The molecule has 0 aromatic rings. The standard InChI is InChI=1S/C14H26N2O2/c1-18-14(8-5-9-14)10-13(17)16-12-7-4-2-3-6-11(12)15/h11-12H,2-10,15H2,1H3,(H,16,17). The number of nitrogens with one attached hydrogen (secondary N) is 1. The van der Waals surface area contributed by atoms with Crippen LogP contribution in [0, 0.1) is 0 Å². The van der Waals surface area contributed by atoms with Crippen LogP contribution in [0.3, 0.4) is 0 Å². The highest BCUT2D eigenvalue weighted by atomic mass is 16.5. The van der Waals surface area contributed by atoms with Crippen molar-refractivity contribution in [2.45, 2.75) is 75.5 Å². The second kappa shape index (κ2) is 6.02.